The molecule has 0 saturated heterocycles. The van der Waals surface area contributed by atoms with Gasteiger partial charge in [0.1, 0.15) is 0 Å². The summed E-state index contributed by atoms with van der Waals surface area (Å²) in [5.41, 5.74) is 1.58. The number of hydrogen-bond acceptors (Lipinski definition) is 2. The topological polar surface area (TPSA) is 66.4 Å². The van der Waals surface area contributed by atoms with Gasteiger partial charge in [-0.1, -0.05) is 33.6 Å². The highest BCUT2D eigenvalue weighted by atomic mass is 79.9. The quantitative estimate of drug-likeness (QED) is 0.846. The van der Waals surface area contributed by atoms with Crippen LogP contribution in [0.3, 0.4) is 0 Å². The van der Waals surface area contributed by atoms with Gasteiger partial charge >= 0.3 is 5.97 Å². The minimum atomic E-state index is -1.03. The average molecular weight is 369 g/mol. The van der Waals surface area contributed by atoms with E-state index < -0.39 is 5.97 Å². The number of nitrogens with one attached hydrogen (secondary N) is 1. The fourth-order valence-electron chi connectivity index (χ4n) is 1.82. The van der Waals surface area contributed by atoms with Crippen LogP contribution in [0.5, 0.6) is 0 Å². The van der Waals surface area contributed by atoms with Crippen LogP contribution in [0.1, 0.15) is 26.3 Å². The van der Waals surface area contributed by atoms with Gasteiger partial charge in [0.2, 0.25) is 0 Å². The van der Waals surface area contributed by atoms with Crippen LogP contribution in [-0.2, 0) is 0 Å². The first-order chi connectivity index (χ1) is 9.86. The number of carboxylic acids is 1. The molecule has 108 valence electrons. The van der Waals surface area contributed by atoms with E-state index in [1.165, 1.54) is 12.1 Å². The predicted molar refractivity (Wildman–Crippen MR) is 85.2 cm³/mol. The van der Waals surface area contributed by atoms with Gasteiger partial charge in [0.25, 0.3) is 5.91 Å². The maximum atomic E-state index is 12.1. The second-order valence-electron chi connectivity index (χ2n) is 4.45. The van der Waals surface area contributed by atoms with Gasteiger partial charge in [0, 0.05) is 20.7 Å². The molecule has 4 nitrogen and oxygen atoms in total. The molecule has 0 atom stereocenters. The van der Waals surface area contributed by atoms with Gasteiger partial charge in [-0.25, -0.2) is 4.79 Å². The minimum absolute atomic E-state index is 0.153. The molecule has 0 aromatic heterocycles. The number of carbonyl (C=O) groups is 2. The third-order valence-electron chi connectivity index (χ3n) is 2.85. The Balaban J connectivity index is 2.27. The van der Waals surface area contributed by atoms with Gasteiger partial charge in [-0.2, -0.15) is 0 Å². The molecule has 0 spiro atoms. The Morgan fingerprint density at radius 3 is 2.52 bits per heavy atom. The third-order valence-corrected chi connectivity index (χ3v) is 3.53. The molecule has 0 aliphatic rings. The molecule has 2 aromatic carbocycles. The monoisotopic (exact) mass is 367 g/mol. The van der Waals surface area contributed by atoms with Crippen LogP contribution in [0.2, 0.25) is 5.02 Å². The zero-order valence-electron chi connectivity index (χ0n) is 11.0. The maximum absolute atomic E-state index is 12.1. The van der Waals surface area contributed by atoms with Gasteiger partial charge < -0.3 is 10.4 Å². The number of carboxylic acid groups (broad SMARTS) is 1. The maximum Gasteiger partial charge on any atom is 0.336 e. The van der Waals surface area contributed by atoms with E-state index in [0.717, 1.165) is 0 Å². The summed E-state index contributed by atoms with van der Waals surface area (Å²) in [6, 6.07) is 9.57. The molecule has 2 aromatic rings. The summed E-state index contributed by atoms with van der Waals surface area (Å²) >= 11 is 9.16. The van der Waals surface area contributed by atoms with Crippen molar-refractivity contribution >= 4 is 45.1 Å². The molecule has 2 rings (SSSR count). The molecule has 6 heteroatoms. The molecule has 0 fully saturated rings. The molecule has 0 heterocycles. The second kappa shape index (κ2) is 6.28. The highest BCUT2D eigenvalue weighted by molar-refractivity contribution is 9.10. The predicted octanol–water partition coefficient (Wildman–Crippen LogP) is 4.36. The summed E-state index contributed by atoms with van der Waals surface area (Å²) in [4.78, 5) is 23.2. The Bertz CT molecular complexity index is 711. The van der Waals surface area contributed by atoms with Crippen LogP contribution in [0, 0.1) is 6.92 Å². The number of halogens is 2. The van der Waals surface area contributed by atoms with Crippen molar-refractivity contribution in [1.82, 2.24) is 0 Å². The number of carbonyl (C=O) groups excluding carboxylic acids is 1. The smallest absolute Gasteiger partial charge is 0.336 e. The van der Waals surface area contributed by atoms with Crippen LogP contribution in [0.4, 0.5) is 5.69 Å². The van der Waals surface area contributed by atoms with Crippen molar-refractivity contribution in [2.75, 3.05) is 5.32 Å². The van der Waals surface area contributed by atoms with Crippen molar-refractivity contribution in [3.63, 3.8) is 0 Å². The molecule has 0 unspecified atom stereocenters. The number of aryl methyl sites for hydroxylation is 1. The lowest BCUT2D eigenvalue weighted by Gasteiger charge is -2.08. The van der Waals surface area contributed by atoms with Crippen LogP contribution >= 0.6 is 27.5 Å². The van der Waals surface area contributed by atoms with E-state index in [-0.39, 0.29) is 11.5 Å². The molecule has 0 bridgehead atoms. The number of aromatic carboxylic acids is 1. The average Bonchev–Trinajstić information content (AvgIpc) is 2.39. The van der Waals surface area contributed by atoms with Crippen molar-refractivity contribution in [1.29, 1.82) is 0 Å². The first kappa shape index (κ1) is 15.5. The van der Waals surface area contributed by atoms with E-state index in [0.29, 0.717) is 26.3 Å². The van der Waals surface area contributed by atoms with Gasteiger partial charge in [-0.3, -0.25) is 4.79 Å². The zero-order chi connectivity index (χ0) is 15.6. The lowest BCUT2D eigenvalue weighted by atomic mass is 10.1. The molecule has 0 aliphatic carbocycles. The van der Waals surface area contributed by atoms with Crippen LogP contribution < -0.4 is 5.32 Å². The van der Waals surface area contributed by atoms with Gasteiger partial charge in [-0.05, 0) is 42.8 Å². The fourth-order valence-corrected chi connectivity index (χ4v) is 2.68. The van der Waals surface area contributed by atoms with Crippen LogP contribution in [0.25, 0.3) is 0 Å². The third kappa shape index (κ3) is 3.83. The summed E-state index contributed by atoms with van der Waals surface area (Å²) in [6.07, 6.45) is 0. The summed E-state index contributed by atoms with van der Waals surface area (Å²) in [7, 11) is 0. The van der Waals surface area contributed by atoms with Crippen LogP contribution in [0.15, 0.2) is 40.9 Å². The van der Waals surface area contributed by atoms with Crippen LogP contribution in [-0.4, -0.2) is 17.0 Å². The molecule has 0 saturated carbocycles. The molecule has 1 amide bonds. The Labute approximate surface area is 134 Å². The molecular weight excluding hydrogens is 358 g/mol. The van der Waals surface area contributed by atoms with Crippen molar-refractivity contribution in [2.24, 2.45) is 0 Å². The largest absolute Gasteiger partial charge is 0.478 e. The van der Waals surface area contributed by atoms with Crippen molar-refractivity contribution in [3.05, 3.63) is 62.6 Å². The minimum Gasteiger partial charge on any atom is -0.478 e. The van der Waals surface area contributed by atoms with Gasteiger partial charge in [0.15, 0.2) is 0 Å². The van der Waals surface area contributed by atoms with Gasteiger partial charge in [0.05, 0.1) is 5.56 Å². The Hall–Kier alpha value is -1.85. The van der Waals surface area contributed by atoms with Gasteiger partial charge in [-0.15, -0.1) is 0 Å². The molecular formula is C15H11BrClNO3. The van der Waals surface area contributed by atoms with E-state index in [4.69, 9.17) is 16.7 Å². The number of anilines is 1. The Morgan fingerprint density at radius 1 is 1.19 bits per heavy atom. The summed E-state index contributed by atoms with van der Waals surface area (Å²) in [6.45, 7) is 1.70. The highest BCUT2D eigenvalue weighted by Crippen LogP contribution is 2.21. The summed E-state index contributed by atoms with van der Waals surface area (Å²) in [5.74, 6) is -1.40. The van der Waals surface area contributed by atoms with E-state index in [1.54, 1.807) is 31.2 Å². The summed E-state index contributed by atoms with van der Waals surface area (Å²) < 4.78 is 0.690. The normalized spacial score (nSPS) is 10.2. The summed E-state index contributed by atoms with van der Waals surface area (Å²) in [5, 5.41) is 12.2. The molecule has 0 radical (unpaired) electrons. The Kier molecular flexibility index (Phi) is 4.65. The second-order valence-corrected chi connectivity index (χ2v) is 5.80. The Morgan fingerprint density at radius 2 is 1.90 bits per heavy atom. The zero-order valence-corrected chi connectivity index (χ0v) is 13.3. The number of rotatable bonds is 3. The van der Waals surface area contributed by atoms with Crippen molar-refractivity contribution in [2.45, 2.75) is 6.92 Å². The molecule has 21 heavy (non-hydrogen) atoms. The van der Waals surface area contributed by atoms with Crippen molar-refractivity contribution < 1.29 is 14.7 Å². The van der Waals surface area contributed by atoms with E-state index in [1.807, 2.05) is 0 Å². The molecule has 0 aliphatic heterocycles. The lowest BCUT2D eigenvalue weighted by Crippen LogP contribution is -2.12. The van der Waals surface area contributed by atoms with Crippen molar-refractivity contribution in [3.8, 4) is 0 Å². The fraction of sp³-hybridized carbons (Fsp3) is 0.0667. The van der Waals surface area contributed by atoms with E-state index in [9.17, 15) is 9.59 Å². The van der Waals surface area contributed by atoms with E-state index >= 15 is 0 Å². The number of hydrogen-bond donors (Lipinski definition) is 2. The number of benzene rings is 2. The first-order valence-corrected chi connectivity index (χ1v) is 7.15. The highest BCUT2D eigenvalue weighted by Gasteiger charge is 2.11. The van der Waals surface area contributed by atoms with E-state index in [2.05, 4.69) is 21.2 Å². The first-order valence-electron chi connectivity index (χ1n) is 5.98. The lowest BCUT2D eigenvalue weighted by molar-refractivity contribution is 0.0695. The SMILES string of the molecule is Cc1ccc(NC(=O)c2cc(Cl)cc(Br)c2)cc1C(=O)O. The standard InChI is InChI=1S/C15H11BrClNO3/c1-8-2-3-12(7-13(8)15(20)21)18-14(19)9-4-10(16)6-11(17)5-9/h2-7H,1H3,(H,18,19)(H,20,21). The number of amides is 1. The molecule has 2 N–H and O–H groups in total.